The Kier molecular flexibility index (Phi) is 4.18. The number of nitrogens with one attached hydrogen (secondary N) is 2. The Hall–Kier alpha value is -3.12. The average molecular weight is 362 g/mol. The molecule has 0 aliphatic rings. The average Bonchev–Trinajstić information content (AvgIpc) is 3.21. The summed E-state index contributed by atoms with van der Waals surface area (Å²) >= 11 is 1.59. The van der Waals surface area contributed by atoms with Crippen LogP contribution in [-0.2, 0) is 0 Å². The number of rotatable bonds is 3. The molecule has 0 bridgehead atoms. The molecule has 0 radical (unpaired) electrons. The molecule has 0 unspecified atom stereocenters. The van der Waals surface area contributed by atoms with Crippen molar-refractivity contribution in [2.75, 3.05) is 10.6 Å². The quantitative estimate of drug-likeness (QED) is 0.518. The molecule has 4 rings (SSSR count). The SMILES string of the molecule is Cc1cccc(NC(=O)Nc2cccc(-c3cn4ccsc4n3)c2)c1C. The second-order valence-electron chi connectivity index (χ2n) is 6.13. The van der Waals surface area contributed by atoms with Crippen molar-refractivity contribution in [3.05, 3.63) is 71.4 Å². The van der Waals surface area contributed by atoms with Gasteiger partial charge in [-0.1, -0.05) is 24.3 Å². The molecule has 0 spiro atoms. The van der Waals surface area contributed by atoms with Gasteiger partial charge >= 0.3 is 6.03 Å². The van der Waals surface area contributed by atoms with Gasteiger partial charge in [-0.05, 0) is 43.2 Å². The van der Waals surface area contributed by atoms with E-state index >= 15 is 0 Å². The van der Waals surface area contributed by atoms with E-state index < -0.39 is 0 Å². The number of carbonyl (C=O) groups excluding carboxylic acids is 1. The van der Waals surface area contributed by atoms with E-state index in [-0.39, 0.29) is 6.03 Å². The normalized spacial score (nSPS) is 10.8. The van der Waals surface area contributed by atoms with Crippen molar-refractivity contribution in [2.45, 2.75) is 13.8 Å². The van der Waals surface area contributed by atoms with Crippen molar-refractivity contribution in [2.24, 2.45) is 0 Å². The number of nitrogens with zero attached hydrogens (tertiary/aromatic N) is 2. The van der Waals surface area contributed by atoms with E-state index in [1.165, 1.54) is 0 Å². The highest BCUT2D eigenvalue weighted by Crippen LogP contribution is 2.24. The maximum Gasteiger partial charge on any atom is 0.323 e. The Morgan fingerprint density at radius 1 is 1.12 bits per heavy atom. The molecule has 0 aliphatic heterocycles. The van der Waals surface area contributed by atoms with E-state index in [1.807, 2.05) is 78.5 Å². The van der Waals surface area contributed by atoms with Gasteiger partial charge in [0.05, 0.1) is 5.69 Å². The fourth-order valence-corrected chi connectivity index (χ4v) is 3.49. The Morgan fingerprint density at radius 3 is 2.81 bits per heavy atom. The van der Waals surface area contributed by atoms with Gasteiger partial charge in [0.2, 0.25) is 0 Å². The summed E-state index contributed by atoms with van der Waals surface area (Å²) in [6.45, 7) is 4.02. The molecule has 2 heterocycles. The van der Waals surface area contributed by atoms with Gasteiger partial charge in [-0.25, -0.2) is 9.78 Å². The summed E-state index contributed by atoms with van der Waals surface area (Å²) in [5.74, 6) is 0. The topological polar surface area (TPSA) is 58.4 Å². The number of aromatic nitrogens is 2. The van der Waals surface area contributed by atoms with E-state index in [0.29, 0.717) is 0 Å². The van der Waals surface area contributed by atoms with Gasteiger partial charge in [-0.15, -0.1) is 11.3 Å². The van der Waals surface area contributed by atoms with Crippen LogP contribution in [-0.4, -0.2) is 15.4 Å². The lowest BCUT2D eigenvalue weighted by molar-refractivity contribution is 0.262. The summed E-state index contributed by atoms with van der Waals surface area (Å²) in [7, 11) is 0. The van der Waals surface area contributed by atoms with Crippen LogP contribution in [0.4, 0.5) is 16.2 Å². The van der Waals surface area contributed by atoms with Crippen molar-refractivity contribution in [1.82, 2.24) is 9.38 Å². The van der Waals surface area contributed by atoms with Crippen LogP contribution in [0.1, 0.15) is 11.1 Å². The third-order valence-electron chi connectivity index (χ3n) is 4.36. The second kappa shape index (κ2) is 6.65. The van der Waals surface area contributed by atoms with Gasteiger partial charge in [-0.3, -0.25) is 4.40 Å². The first kappa shape index (κ1) is 16.4. The number of thiazole rings is 1. The fourth-order valence-electron chi connectivity index (χ4n) is 2.79. The highest BCUT2D eigenvalue weighted by molar-refractivity contribution is 7.15. The number of fused-ring (bicyclic) bond motifs is 1. The molecule has 0 aliphatic carbocycles. The first-order chi connectivity index (χ1) is 12.6. The number of imidazole rings is 1. The Labute approximate surface area is 155 Å². The monoisotopic (exact) mass is 362 g/mol. The van der Waals surface area contributed by atoms with Crippen LogP contribution in [0, 0.1) is 13.8 Å². The highest BCUT2D eigenvalue weighted by Gasteiger charge is 2.09. The standard InChI is InChI=1S/C20H18N4OS/c1-13-5-3-8-17(14(13)2)22-19(25)21-16-7-4-6-15(11-16)18-12-24-9-10-26-20(24)23-18/h3-12H,1-2H3,(H2,21,22,25). The van der Waals surface area contributed by atoms with Crippen molar-refractivity contribution < 1.29 is 4.79 Å². The van der Waals surface area contributed by atoms with Gasteiger partial charge in [0.1, 0.15) is 0 Å². The maximum atomic E-state index is 12.4. The molecular formula is C20H18N4OS. The Bertz CT molecular complexity index is 1070. The van der Waals surface area contributed by atoms with E-state index in [4.69, 9.17) is 0 Å². The summed E-state index contributed by atoms with van der Waals surface area (Å²) in [6.07, 6.45) is 3.97. The summed E-state index contributed by atoms with van der Waals surface area (Å²) < 4.78 is 1.99. The van der Waals surface area contributed by atoms with E-state index in [2.05, 4.69) is 15.6 Å². The zero-order chi connectivity index (χ0) is 18.1. The largest absolute Gasteiger partial charge is 0.323 e. The predicted octanol–water partition coefficient (Wildman–Crippen LogP) is 5.32. The number of anilines is 2. The minimum Gasteiger partial charge on any atom is -0.308 e. The molecule has 2 N–H and O–H groups in total. The minimum absolute atomic E-state index is 0.262. The van der Waals surface area contributed by atoms with Crippen LogP contribution in [0.3, 0.4) is 0 Å². The molecule has 2 amide bonds. The lowest BCUT2D eigenvalue weighted by atomic mass is 10.1. The van der Waals surface area contributed by atoms with Gasteiger partial charge < -0.3 is 10.6 Å². The lowest BCUT2D eigenvalue weighted by Crippen LogP contribution is -2.20. The van der Waals surface area contributed by atoms with Crippen LogP contribution < -0.4 is 10.6 Å². The van der Waals surface area contributed by atoms with E-state index in [9.17, 15) is 4.79 Å². The van der Waals surface area contributed by atoms with Gasteiger partial charge in [0.25, 0.3) is 0 Å². The number of aryl methyl sites for hydroxylation is 1. The number of hydrogen-bond acceptors (Lipinski definition) is 3. The molecule has 5 nitrogen and oxygen atoms in total. The predicted molar refractivity (Wildman–Crippen MR) is 107 cm³/mol. The molecule has 26 heavy (non-hydrogen) atoms. The number of benzene rings is 2. The van der Waals surface area contributed by atoms with Crippen LogP contribution in [0.5, 0.6) is 0 Å². The van der Waals surface area contributed by atoms with Crippen molar-refractivity contribution >= 4 is 33.7 Å². The number of carbonyl (C=O) groups is 1. The van der Waals surface area contributed by atoms with E-state index in [0.717, 1.165) is 38.7 Å². The van der Waals surface area contributed by atoms with Gasteiger partial charge in [0.15, 0.2) is 4.96 Å². The number of urea groups is 1. The zero-order valence-electron chi connectivity index (χ0n) is 14.5. The van der Waals surface area contributed by atoms with Crippen molar-refractivity contribution in [3.8, 4) is 11.3 Å². The zero-order valence-corrected chi connectivity index (χ0v) is 15.3. The molecule has 0 fully saturated rings. The molecule has 4 aromatic rings. The third-order valence-corrected chi connectivity index (χ3v) is 5.13. The lowest BCUT2D eigenvalue weighted by Gasteiger charge is -2.12. The maximum absolute atomic E-state index is 12.4. The van der Waals surface area contributed by atoms with Crippen LogP contribution in [0.25, 0.3) is 16.2 Å². The summed E-state index contributed by atoms with van der Waals surface area (Å²) in [4.78, 5) is 17.9. The summed E-state index contributed by atoms with van der Waals surface area (Å²) in [5, 5.41) is 7.80. The van der Waals surface area contributed by atoms with Crippen molar-refractivity contribution in [1.29, 1.82) is 0 Å². The number of hydrogen-bond donors (Lipinski definition) is 2. The van der Waals surface area contributed by atoms with E-state index in [1.54, 1.807) is 11.3 Å². The Balaban J connectivity index is 1.52. The fraction of sp³-hybridized carbons (Fsp3) is 0.100. The Morgan fingerprint density at radius 2 is 1.96 bits per heavy atom. The van der Waals surface area contributed by atoms with Crippen molar-refractivity contribution in [3.63, 3.8) is 0 Å². The van der Waals surface area contributed by atoms with Crippen LogP contribution in [0.2, 0.25) is 0 Å². The first-order valence-corrected chi connectivity index (χ1v) is 9.15. The molecule has 130 valence electrons. The molecule has 2 aromatic heterocycles. The summed E-state index contributed by atoms with van der Waals surface area (Å²) in [5.41, 5.74) is 5.59. The van der Waals surface area contributed by atoms with Gasteiger partial charge in [0, 0.05) is 34.7 Å². The molecule has 2 aromatic carbocycles. The molecule has 0 saturated carbocycles. The molecule has 0 saturated heterocycles. The molecule has 6 heteroatoms. The first-order valence-electron chi connectivity index (χ1n) is 8.27. The van der Waals surface area contributed by atoms with Crippen LogP contribution >= 0.6 is 11.3 Å². The van der Waals surface area contributed by atoms with Crippen LogP contribution in [0.15, 0.2) is 60.2 Å². The smallest absolute Gasteiger partial charge is 0.308 e. The third kappa shape index (κ3) is 3.19. The van der Waals surface area contributed by atoms with Gasteiger partial charge in [-0.2, -0.15) is 0 Å². The number of amides is 2. The molecule has 0 atom stereocenters. The second-order valence-corrected chi connectivity index (χ2v) is 7.00. The molecular weight excluding hydrogens is 344 g/mol. The highest BCUT2D eigenvalue weighted by atomic mass is 32.1. The minimum atomic E-state index is -0.262. The summed E-state index contributed by atoms with van der Waals surface area (Å²) in [6, 6.07) is 13.3.